The fourth-order valence-corrected chi connectivity index (χ4v) is 1.26. The van der Waals surface area contributed by atoms with Gasteiger partial charge in [-0.15, -0.1) is 0 Å². The van der Waals surface area contributed by atoms with Crippen molar-refractivity contribution in [1.82, 2.24) is 19.9 Å². The second-order valence-corrected chi connectivity index (χ2v) is 3.38. The van der Waals surface area contributed by atoms with Gasteiger partial charge in [0.1, 0.15) is 0 Å². The summed E-state index contributed by atoms with van der Waals surface area (Å²) in [7, 11) is 1.91. The van der Waals surface area contributed by atoms with Gasteiger partial charge in [0.05, 0.1) is 6.20 Å². The van der Waals surface area contributed by atoms with Crippen molar-refractivity contribution in [3.05, 3.63) is 23.3 Å². The third-order valence-electron chi connectivity index (χ3n) is 2.29. The van der Waals surface area contributed by atoms with E-state index in [0.29, 0.717) is 18.4 Å². The lowest BCUT2D eigenvalue weighted by Gasteiger charge is -2.00. The number of rotatable bonds is 3. The molecule has 0 saturated heterocycles. The first kappa shape index (κ1) is 9.70. The molecule has 0 saturated carbocycles. The third-order valence-corrected chi connectivity index (χ3v) is 2.29. The van der Waals surface area contributed by atoms with Crippen LogP contribution in [0.3, 0.4) is 0 Å². The van der Waals surface area contributed by atoms with E-state index < -0.39 is 0 Å². The molecule has 6 heteroatoms. The molecule has 2 rings (SSSR count). The lowest BCUT2D eigenvalue weighted by atomic mass is 10.2. The molecule has 6 nitrogen and oxygen atoms in total. The third kappa shape index (κ3) is 1.98. The van der Waals surface area contributed by atoms with Gasteiger partial charge in [0.25, 0.3) is 0 Å². The molecule has 0 aliphatic carbocycles. The van der Waals surface area contributed by atoms with Crippen LogP contribution in [0.5, 0.6) is 0 Å². The molecule has 1 N–H and O–H groups in total. The molecule has 0 radical (unpaired) electrons. The smallest absolute Gasteiger partial charge is 0.321 e. The van der Waals surface area contributed by atoms with E-state index in [-0.39, 0.29) is 0 Å². The summed E-state index contributed by atoms with van der Waals surface area (Å²) in [4.78, 5) is 4.05. The number of aromatic nitrogens is 4. The van der Waals surface area contributed by atoms with Crippen molar-refractivity contribution in [2.45, 2.75) is 20.4 Å². The first-order valence-electron chi connectivity index (χ1n) is 4.68. The monoisotopic (exact) mass is 207 g/mol. The summed E-state index contributed by atoms with van der Waals surface area (Å²) in [6, 6.07) is 0.441. The maximum absolute atomic E-state index is 4.93. The maximum Gasteiger partial charge on any atom is 0.321 e. The van der Waals surface area contributed by atoms with Gasteiger partial charge in [0, 0.05) is 24.8 Å². The Balaban J connectivity index is 2.02. The van der Waals surface area contributed by atoms with E-state index in [4.69, 9.17) is 4.52 Å². The molecular formula is C9H13N5O. The van der Waals surface area contributed by atoms with Crippen molar-refractivity contribution in [1.29, 1.82) is 0 Å². The highest BCUT2D eigenvalue weighted by atomic mass is 16.5. The molecular weight excluding hydrogens is 194 g/mol. The van der Waals surface area contributed by atoms with Gasteiger partial charge in [-0.1, -0.05) is 5.16 Å². The first-order chi connectivity index (χ1) is 7.16. The fourth-order valence-electron chi connectivity index (χ4n) is 1.26. The molecule has 0 bridgehead atoms. The van der Waals surface area contributed by atoms with Crippen LogP contribution in [-0.4, -0.2) is 19.9 Å². The normalized spacial score (nSPS) is 10.6. The van der Waals surface area contributed by atoms with Crippen molar-refractivity contribution in [3.63, 3.8) is 0 Å². The van der Waals surface area contributed by atoms with E-state index in [1.807, 2.05) is 24.9 Å². The topological polar surface area (TPSA) is 68.8 Å². The van der Waals surface area contributed by atoms with Crippen LogP contribution < -0.4 is 5.32 Å². The predicted octanol–water partition coefficient (Wildman–Crippen LogP) is 1.03. The van der Waals surface area contributed by atoms with Crippen molar-refractivity contribution in [2.75, 3.05) is 5.32 Å². The Hall–Kier alpha value is -1.85. The van der Waals surface area contributed by atoms with Crippen LogP contribution in [0.1, 0.15) is 17.1 Å². The number of nitrogens with one attached hydrogen (secondary N) is 1. The predicted molar refractivity (Wildman–Crippen MR) is 54.3 cm³/mol. The zero-order chi connectivity index (χ0) is 10.8. The molecule has 2 aromatic heterocycles. The standard InChI is InChI=1S/C9H13N5O/c1-6-8(5-11-14(6)3)4-10-9-12-7(2)13-15-9/h5H,4H2,1-3H3,(H,10,12,13). The molecule has 15 heavy (non-hydrogen) atoms. The second-order valence-electron chi connectivity index (χ2n) is 3.38. The lowest BCUT2D eigenvalue weighted by Crippen LogP contribution is -2.01. The summed E-state index contributed by atoms with van der Waals surface area (Å²) in [5, 5.41) is 10.9. The van der Waals surface area contributed by atoms with Crippen LogP contribution in [0.4, 0.5) is 6.01 Å². The van der Waals surface area contributed by atoms with Gasteiger partial charge in [-0.3, -0.25) is 4.68 Å². The lowest BCUT2D eigenvalue weighted by molar-refractivity contribution is 0.425. The van der Waals surface area contributed by atoms with Gasteiger partial charge in [-0.05, 0) is 13.8 Å². The van der Waals surface area contributed by atoms with E-state index in [1.54, 1.807) is 6.92 Å². The highest BCUT2D eigenvalue weighted by Gasteiger charge is 2.05. The first-order valence-corrected chi connectivity index (χ1v) is 4.68. The number of hydrogen-bond acceptors (Lipinski definition) is 5. The minimum Gasteiger partial charge on any atom is -0.334 e. The summed E-state index contributed by atoms with van der Waals surface area (Å²) in [5.74, 6) is 0.625. The second kappa shape index (κ2) is 3.72. The molecule has 0 aliphatic rings. The van der Waals surface area contributed by atoms with E-state index in [0.717, 1.165) is 11.3 Å². The van der Waals surface area contributed by atoms with Crippen molar-refractivity contribution in [3.8, 4) is 0 Å². The summed E-state index contributed by atoms with van der Waals surface area (Å²) in [5.41, 5.74) is 2.24. The summed E-state index contributed by atoms with van der Waals surface area (Å²) in [6.07, 6.45) is 1.82. The quantitative estimate of drug-likeness (QED) is 0.814. The van der Waals surface area contributed by atoms with E-state index in [9.17, 15) is 0 Å². The number of nitrogens with zero attached hydrogens (tertiary/aromatic N) is 4. The van der Waals surface area contributed by atoms with Crippen molar-refractivity contribution < 1.29 is 4.52 Å². The summed E-state index contributed by atoms with van der Waals surface area (Å²) in [6.45, 7) is 4.44. The minimum atomic E-state index is 0.441. The molecule has 0 atom stereocenters. The molecule has 0 aromatic carbocycles. The Kier molecular flexibility index (Phi) is 2.40. The van der Waals surface area contributed by atoms with Crippen LogP contribution in [-0.2, 0) is 13.6 Å². The van der Waals surface area contributed by atoms with Gasteiger partial charge in [0.15, 0.2) is 5.82 Å². The van der Waals surface area contributed by atoms with Gasteiger partial charge in [-0.2, -0.15) is 10.1 Å². The Morgan fingerprint density at radius 2 is 2.27 bits per heavy atom. The highest BCUT2D eigenvalue weighted by molar-refractivity contribution is 5.24. The highest BCUT2D eigenvalue weighted by Crippen LogP contribution is 2.09. The van der Waals surface area contributed by atoms with Gasteiger partial charge in [0.2, 0.25) is 0 Å². The van der Waals surface area contributed by atoms with Gasteiger partial charge < -0.3 is 9.84 Å². The van der Waals surface area contributed by atoms with E-state index in [1.165, 1.54) is 0 Å². The number of hydrogen-bond donors (Lipinski definition) is 1. The molecule has 80 valence electrons. The van der Waals surface area contributed by atoms with Gasteiger partial charge in [-0.25, -0.2) is 0 Å². The van der Waals surface area contributed by atoms with Crippen molar-refractivity contribution in [2.24, 2.45) is 7.05 Å². The summed E-state index contributed by atoms with van der Waals surface area (Å²) < 4.78 is 6.76. The van der Waals surface area contributed by atoms with Crippen LogP contribution in [0.15, 0.2) is 10.7 Å². The zero-order valence-corrected chi connectivity index (χ0v) is 8.98. The average molecular weight is 207 g/mol. The average Bonchev–Trinajstić information content (AvgIpc) is 2.74. The molecule has 2 heterocycles. The molecule has 0 unspecified atom stereocenters. The fraction of sp³-hybridized carbons (Fsp3) is 0.444. The van der Waals surface area contributed by atoms with Gasteiger partial charge >= 0.3 is 6.01 Å². The Morgan fingerprint density at radius 1 is 1.47 bits per heavy atom. The van der Waals surface area contributed by atoms with Crippen LogP contribution in [0.2, 0.25) is 0 Å². The minimum absolute atomic E-state index is 0.441. The van der Waals surface area contributed by atoms with E-state index >= 15 is 0 Å². The summed E-state index contributed by atoms with van der Waals surface area (Å²) >= 11 is 0. The molecule has 2 aromatic rings. The van der Waals surface area contributed by atoms with Crippen LogP contribution in [0.25, 0.3) is 0 Å². The Labute approximate surface area is 87.3 Å². The van der Waals surface area contributed by atoms with Crippen LogP contribution >= 0.6 is 0 Å². The Bertz CT molecular complexity index is 459. The molecule has 0 spiro atoms. The number of aryl methyl sites for hydroxylation is 2. The molecule has 0 aliphatic heterocycles. The maximum atomic E-state index is 4.93. The van der Waals surface area contributed by atoms with E-state index in [2.05, 4.69) is 20.6 Å². The largest absolute Gasteiger partial charge is 0.334 e. The number of anilines is 1. The van der Waals surface area contributed by atoms with Crippen LogP contribution in [0, 0.1) is 13.8 Å². The zero-order valence-electron chi connectivity index (χ0n) is 8.98. The molecule has 0 fully saturated rings. The Morgan fingerprint density at radius 3 is 2.80 bits per heavy atom. The van der Waals surface area contributed by atoms with Crippen molar-refractivity contribution >= 4 is 6.01 Å². The molecule has 0 amide bonds. The SMILES string of the molecule is Cc1noc(NCc2cnn(C)c2C)n1.